The number of fused-ring (bicyclic) bond motifs is 1. The molecule has 0 spiro atoms. The first-order valence-electron chi connectivity index (χ1n) is 13.0. The van der Waals surface area contributed by atoms with Crippen LogP contribution in [0.2, 0.25) is 0 Å². The van der Waals surface area contributed by atoms with E-state index >= 15 is 0 Å². The first-order chi connectivity index (χ1) is 19.6. The van der Waals surface area contributed by atoms with Gasteiger partial charge in [0.05, 0.1) is 13.5 Å². The normalized spacial score (nSPS) is 11.4. The van der Waals surface area contributed by atoms with Gasteiger partial charge >= 0.3 is 0 Å². The fourth-order valence-corrected chi connectivity index (χ4v) is 5.42. The van der Waals surface area contributed by atoms with E-state index in [0.717, 1.165) is 22.3 Å². The number of amides is 1. The number of hydrogen-bond donors (Lipinski definition) is 1. The summed E-state index contributed by atoms with van der Waals surface area (Å²) in [6, 6.07) is 38.1. The molecule has 0 fully saturated rings. The summed E-state index contributed by atoms with van der Waals surface area (Å²) in [6.45, 7) is 0. The number of hydrogen-bond acceptors (Lipinski definition) is 3. The highest BCUT2D eigenvalue weighted by Gasteiger charge is 2.40. The van der Waals surface area contributed by atoms with Gasteiger partial charge in [0.25, 0.3) is 5.91 Å². The summed E-state index contributed by atoms with van der Waals surface area (Å²) in [5.41, 5.74) is 5.30. The number of nitrogens with one attached hydrogen (secondary N) is 1. The summed E-state index contributed by atoms with van der Waals surface area (Å²) in [5, 5.41) is 3.08. The largest absolute Gasteiger partial charge is 0.319 e. The minimum absolute atomic E-state index is 0.247. The Bertz CT molecular complexity index is 1690. The lowest BCUT2D eigenvalue weighted by Gasteiger charge is -2.38. The molecular formula is C33H24B2N4O. The van der Waals surface area contributed by atoms with E-state index in [1.54, 1.807) is 12.3 Å². The number of benzene rings is 4. The van der Waals surface area contributed by atoms with Crippen molar-refractivity contribution in [3.8, 4) is 0 Å². The Hall–Kier alpha value is -4.90. The van der Waals surface area contributed by atoms with Crippen molar-refractivity contribution < 1.29 is 4.79 Å². The maximum absolute atomic E-state index is 13.5. The lowest BCUT2D eigenvalue weighted by Crippen LogP contribution is -2.37. The van der Waals surface area contributed by atoms with Crippen molar-refractivity contribution in [3.63, 3.8) is 0 Å². The average molecular weight is 514 g/mol. The van der Waals surface area contributed by atoms with Crippen molar-refractivity contribution in [2.75, 3.05) is 5.32 Å². The van der Waals surface area contributed by atoms with Gasteiger partial charge in [0.15, 0.2) is 5.65 Å². The molecule has 6 rings (SSSR count). The van der Waals surface area contributed by atoms with Gasteiger partial charge in [-0.15, -0.1) is 0 Å². The lowest BCUT2D eigenvalue weighted by atomic mass is 9.76. The Morgan fingerprint density at radius 1 is 0.775 bits per heavy atom. The van der Waals surface area contributed by atoms with Crippen LogP contribution in [0, 0.1) is 0 Å². The van der Waals surface area contributed by atoms with Crippen molar-refractivity contribution in [2.45, 2.75) is 11.9 Å². The van der Waals surface area contributed by atoms with Gasteiger partial charge in [-0.3, -0.25) is 9.78 Å². The average Bonchev–Trinajstić information content (AvgIpc) is 3.36. The van der Waals surface area contributed by atoms with Crippen LogP contribution >= 0.6 is 0 Å². The van der Waals surface area contributed by atoms with Crippen molar-refractivity contribution in [2.24, 2.45) is 0 Å². The summed E-state index contributed by atoms with van der Waals surface area (Å²) in [4.78, 5) is 22.9. The van der Waals surface area contributed by atoms with Gasteiger partial charge in [0.1, 0.15) is 18.9 Å². The zero-order chi connectivity index (χ0) is 27.5. The van der Waals surface area contributed by atoms with E-state index in [-0.39, 0.29) is 17.8 Å². The van der Waals surface area contributed by atoms with E-state index in [1.807, 2.05) is 79.0 Å². The third kappa shape index (κ3) is 4.30. The van der Waals surface area contributed by atoms with E-state index in [2.05, 4.69) is 51.3 Å². The maximum atomic E-state index is 13.5. The summed E-state index contributed by atoms with van der Waals surface area (Å²) in [5.74, 6) is -0.283. The molecule has 5 nitrogen and oxygen atoms in total. The van der Waals surface area contributed by atoms with Gasteiger partial charge in [0, 0.05) is 23.6 Å². The Balaban J connectivity index is 1.65. The molecule has 2 heterocycles. The number of aromatic nitrogens is 3. The molecule has 0 saturated carbocycles. The van der Waals surface area contributed by atoms with Gasteiger partial charge in [-0.05, 0) is 28.3 Å². The highest BCUT2D eigenvalue weighted by Crippen LogP contribution is 2.43. The molecule has 1 N–H and O–H groups in total. The molecule has 0 aliphatic rings. The van der Waals surface area contributed by atoms with Gasteiger partial charge in [-0.1, -0.05) is 116 Å². The van der Waals surface area contributed by atoms with Crippen LogP contribution < -0.4 is 10.9 Å². The van der Waals surface area contributed by atoms with Crippen molar-refractivity contribution in [1.82, 2.24) is 14.5 Å². The second kappa shape index (κ2) is 10.7. The monoisotopic (exact) mass is 514 g/mol. The van der Waals surface area contributed by atoms with Crippen LogP contribution in [0.4, 0.5) is 5.69 Å². The fraction of sp³-hybridized carbons (Fsp3) is 0.0606. The summed E-state index contributed by atoms with van der Waals surface area (Å²) in [7, 11) is 12.0. The van der Waals surface area contributed by atoms with Crippen molar-refractivity contribution >= 4 is 44.0 Å². The van der Waals surface area contributed by atoms with Gasteiger partial charge < -0.3 is 9.88 Å². The molecule has 2 aromatic heterocycles. The molecule has 188 valence electrons. The molecule has 0 atom stereocenters. The minimum atomic E-state index is -0.842. The Labute approximate surface area is 235 Å². The summed E-state index contributed by atoms with van der Waals surface area (Å²) in [6.07, 6.45) is 3.69. The summed E-state index contributed by atoms with van der Waals surface area (Å²) >= 11 is 0. The molecule has 4 radical (unpaired) electrons. The zero-order valence-corrected chi connectivity index (χ0v) is 21.7. The SMILES string of the molecule is [B]Cc1ccccc1C(=O)Nc1cn(C(c2ccccc2)(c2ccccc2)c2ccccc2)c2ncc([B])nc12. The van der Waals surface area contributed by atoms with Crippen LogP contribution in [-0.2, 0) is 11.9 Å². The van der Waals surface area contributed by atoms with Crippen molar-refractivity contribution in [3.05, 3.63) is 155 Å². The Morgan fingerprint density at radius 2 is 1.30 bits per heavy atom. The van der Waals surface area contributed by atoms with E-state index in [4.69, 9.17) is 20.7 Å². The first-order valence-corrected chi connectivity index (χ1v) is 13.0. The number of rotatable bonds is 7. The zero-order valence-electron chi connectivity index (χ0n) is 21.7. The molecule has 6 aromatic rings. The van der Waals surface area contributed by atoms with E-state index in [1.165, 1.54) is 0 Å². The maximum Gasteiger partial charge on any atom is 0.256 e. The molecular weight excluding hydrogens is 490 g/mol. The Kier molecular flexibility index (Phi) is 6.79. The first kappa shape index (κ1) is 25.4. The lowest BCUT2D eigenvalue weighted by molar-refractivity contribution is 0.102. The van der Waals surface area contributed by atoms with E-state index in [0.29, 0.717) is 22.4 Å². The Morgan fingerprint density at radius 3 is 1.85 bits per heavy atom. The fourth-order valence-electron chi connectivity index (χ4n) is 5.42. The molecule has 7 heteroatoms. The topological polar surface area (TPSA) is 59.8 Å². The summed E-state index contributed by atoms with van der Waals surface area (Å²) < 4.78 is 2.08. The standard InChI is InChI=1S/C33H24B2N4O/c34-20-23-12-10-11-19-27(23)32(40)37-28-22-39(31-30(28)38-29(35)21-36-31)33(24-13-4-1-5-14-24,25-15-6-2-7-16-25)26-17-8-3-9-18-26/h1-19,21-22H,20H2,(H,37,40). The number of nitrogens with zero attached hydrogens (tertiary/aromatic N) is 3. The van der Waals surface area contributed by atoms with Gasteiger partial charge in [-0.25, -0.2) is 4.98 Å². The molecule has 0 bridgehead atoms. The third-order valence-electron chi connectivity index (χ3n) is 7.18. The second-order valence-corrected chi connectivity index (χ2v) is 9.50. The second-order valence-electron chi connectivity index (χ2n) is 9.50. The quantitative estimate of drug-likeness (QED) is 0.242. The molecule has 0 saturated heterocycles. The van der Waals surface area contributed by atoms with Crippen LogP contribution in [0.1, 0.15) is 32.6 Å². The number of carbonyl (C=O) groups is 1. The van der Waals surface area contributed by atoms with Crippen LogP contribution in [-0.4, -0.2) is 36.1 Å². The predicted octanol–water partition coefficient (Wildman–Crippen LogP) is 4.99. The van der Waals surface area contributed by atoms with Crippen molar-refractivity contribution in [1.29, 1.82) is 0 Å². The molecule has 40 heavy (non-hydrogen) atoms. The van der Waals surface area contributed by atoms with Gasteiger partial charge in [-0.2, -0.15) is 0 Å². The third-order valence-corrected chi connectivity index (χ3v) is 7.18. The predicted molar refractivity (Wildman–Crippen MR) is 161 cm³/mol. The highest BCUT2D eigenvalue weighted by atomic mass is 16.1. The number of carbonyl (C=O) groups excluding carboxylic acids is 1. The van der Waals surface area contributed by atoms with Crippen LogP contribution in [0.5, 0.6) is 0 Å². The molecule has 0 unspecified atom stereocenters. The van der Waals surface area contributed by atoms with Gasteiger partial charge in [0.2, 0.25) is 0 Å². The number of anilines is 1. The van der Waals surface area contributed by atoms with Crippen LogP contribution in [0.15, 0.2) is 128 Å². The van der Waals surface area contributed by atoms with E-state index < -0.39 is 5.54 Å². The van der Waals surface area contributed by atoms with E-state index in [9.17, 15) is 4.79 Å². The molecule has 0 aliphatic heterocycles. The van der Waals surface area contributed by atoms with Crippen LogP contribution in [0.25, 0.3) is 11.2 Å². The molecule has 1 amide bonds. The molecule has 4 aromatic carbocycles. The smallest absolute Gasteiger partial charge is 0.256 e. The highest BCUT2D eigenvalue weighted by molar-refractivity contribution is 6.31. The van der Waals surface area contributed by atoms with Crippen LogP contribution in [0.3, 0.4) is 0 Å². The minimum Gasteiger partial charge on any atom is -0.319 e. The molecule has 0 aliphatic carbocycles.